The number of rotatable bonds is 1. The Labute approximate surface area is 148 Å². The van der Waals surface area contributed by atoms with Gasteiger partial charge in [-0.15, -0.1) is 0 Å². The van der Waals surface area contributed by atoms with E-state index >= 15 is 0 Å². The summed E-state index contributed by atoms with van der Waals surface area (Å²) < 4.78 is 1.99. The van der Waals surface area contributed by atoms with E-state index in [9.17, 15) is 4.79 Å². The lowest BCUT2D eigenvalue weighted by atomic mass is 9.96. The van der Waals surface area contributed by atoms with Crippen LogP contribution in [0.1, 0.15) is 36.5 Å². The summed E-state index contributed by atoms with van der Waals surface area (Å²) in [5.41, 5.74) is 0.820. The first-order chi connectivity index (χ1) is 10.1. The van der Waals surface area contributed by atoms with E-state index in [2.05, 4.69) is 55.2 Å². The van der Waals surface area contributed by atoms with Gasteiger partial charge in [0.2, 0.25) is 0 Å². The second-order valence-corrected chi connectivity index (χ2v) is 8.15. The van der Waals surface area contributed by atoms with Crippen molar-refractivity contribution in [1.82, 2.24) is 9.80 Å². The molecule has 0 N–H and O–H groups in total. The maximum atomic E-state index is 12.9. The van der Waals surface area contributed by atoms with Crippen molar-refractivity contribution < 1.29 is 4.79 Å². The monoisotopic (exact) mass is 462 g/mol. The maximum Gasteiger partial charge on any atom is 0.255 e. The Morgan fingerprint density at radius 1 is 1.33 bits per heavy atom. The molecule has 0 aliphatic carbocycles. The van der Waals surface area contributed by atoms with E-state index < -0.39 is 0 Å². The molecule has 21 heavy (non-hydrogen) atoms. The zero-order valence-corrected chi connectivity index (χ0v) is 15.9. The van der Waals surface area contributed by atoms with Crippen LogP contribution in [0.5, 0.6) is 0 Å². The van der Waals surface area contributed by atoms with Gasteiger partial charge in [-0.1, -0.05) is 22.4 Å². The fourth-order valence-corrected chi connectivity index (χ4v) is 4.38. The molecule has 0 aromatic heterocycles. The van der Waals surface area contributed by atoms with E-state index in [1.807, 2.05) is 18.2 Å². The summed E-state index contributed by atoms with van der Waals surface area (Å²) in [5, 5.41) is 0. The highest BCUT2D eigenvalue weighted by Crippen LogP contribution is 2.27. The van der Waals surface area contributed by atoms with Gasteiger partial charge in [-0.3, -0.25) is 9.69 Å². The number of nitrogens with zero attached hydrogens (tertiary/aromatic N) is 2. The molecular formula is C16H20BrIN2O. The highest BCUT2D eigenvalue weighted by Gasteiger charge is 2.35. The first kappa shape index (κ1) is 15.7. The van der Waals surface area contributed by atoms with E-state index in [0.29, 0.717) is 12.1 Å². The molecule has 0 saturated carbocycles. The summed E-state index contributed by atoms with van der Waals surface area (Å²) in [6.07, 6.45) is 3.83. The molecule has 0 bridgehead atoms. The maximum absolute atomic E-state index is 12.9. The minimum absolute atomic E-state index is 0.179. The first-order valence-electron chi connectivity index (χ1n) is 7.56. The molecule has 2 aliphatic rings. The Hall–Kier alpha value is -0.140. The van der Waals surface area contributed by atoms with Crippen molar-refractivity contribution in [3.63, 3.8) is 0 Å². The van der Waals surface area contributed by atoms with E-state index in [1.54, 1.807) is 0 Å². The van der Waals surface area contributed by atoms with Gasteiger partial charge in [-0.2, -0.15) is 0 Å². The first-order valence-corrected chi connectivity index (χ1v) is 9.43. The number of carbonyl (C=O) groups is 1. The standard InChI is InChI=1S/C16H20BrIN2O/c1-11-9-19-7-3-2-4-13(19)10-20(11)16(21)14-8-12(17)5-6-15(14)18/h5-6,8,11,13H,2-4,7,9-10H2,1H3. The summed E-state index contributed by atoms with van der Waals surface area (Å²) >= 11 is 5.73. The molecule has 2 fully saturated rings. The molecule has 0 radical (unpaired) electrons. The average Bonchev–Trinajstić information content (AvgIpc) is 2.48. The molecule has 114 valence electrons. The number of halogens is 2. The summed E-state index contributed by atoms with van der Waals surface area (Å²) in [6.45, 7) is 5.27. The minimum atomic E-state index is 0.179. The zero-order chi connectivity index (χ0) is 15.0. The summed E-state index contributed by atoms with van der Waals surface area (Å²) in [6, 6.07) is 6.79. The summed E-state index contributed by atoms with van der Waals surface area (Å²) in [5.74, 6) is 0.179. The number of piperidine rings is 1. The van der Waals surface area contributed by atoms with E-state index in [4.69, 9.17) is 0 Å². The normalized spacial score (nSPS) is 26.5. The van der Waals surface area contributed by atoms with Gasteiger partial charge >= 0.3 is 0 Å². The number of fused-ring (bicyclic) bond motifs is 1. The van der Waals surface area contributed by atoms with Crippen LogP contribution in [0.15, 0.2) is 22.7 Å². The van der Waals surface area contributed by atoms with Crippen LogP contribution < -0.4 is 0 Å². The zero-order valence-electron chi connectivity index (χ0n) is 12.2. The predicted octanol–water partition coefficient (Wildman–Crippen LogP) is 3.75. The molecule has 1 amide bonds. The van der Waals surface area contributed by atoms with Gasteiger partial charge in [0.15, 0.2) is 0 Å². The van der Waals surface area contributed by atoms with E-state index in [0.717, 1.165) is 26.7 Å². The largest absolute Gasteiger partial charge is 0.333 e. The smallest absolute Gasteiger partial charge is 0.255 e. The second kappa shape index (κ2) is 6.54. The average molecular weight is 463 g/mol. The SMILES string of the molecule is CC1CN2CCCCC2CN1C(=O)c1cc(Br)ccc1I. The highest BCUT2D eigenvalue weighted by atomic mass is 127. The van der Waals surface area contributed by atoms with Gasteiger partial charge in [0.05, 0.1) is 5.56 Å². The molecule has 2 heterocycles. The van der Waals surface area contributed by atoms with Gasteiger partial charge in [0.1, 0.15) is 0 Å². The molecule has 2 aliphatic heterocycles. The third-order valence-corrected chi connectivity index (χ3v) is 6.04. The van der Waals surface area contributed by atoms with Crippen LogP contribution in [-0.4, -0.2) is 47.4 Å². The molecule has 3 rings (SSSR count). The Kier molecular flexibility index (Phi) is 4.90. The Bertz CT molecular complexity index is 551. The molecule has 1 aromatic rings. The van der Waals surface area contributed by atoms with Crippen molar-refractivity contribution in [2.75, 3.05) is 19.6 Å². The number of piperazine rings is 1. The molecule has 3 nitrogen and oxygen atoms in total. The van der Waals surface area contributed by atoms with Crippen molar-refractivity contribution in [3.05, 3.63) is 31.8 Å². The van der Waals surface area contributed by atoms with Crippen LogP contribution in [0.2, 0.25) is 0 Å². The van der Waals surface area contributed by atoms with Gasteiger partial charge < -0.3 is 4.90 Å². The minimum Gasteiger partial charge on any atom is -0.333 e. The summed E-state index contributed by atoms with van der Waals surface area (Å²) in [4.78, 5) is 17.6. The quantitative estimate of drug-likeness (QED) is 0.593. The van der Waals surface area contributed by atoms with E-state index in [1.165, 1.54) is 25.8 Å². The Morgan fingerprint density at radius 3 is 2.95 bits per heavy atom. The number of carbonyl (C=O) groups excluding carboxylic acids is 1. The van der Waals surface area contributed by atoms with Gasteiger partial charge in [0, 0.05) is 33.2 Å². The molecule has 2 saturated heterocycles. The number of hydrogen-bond donors (Lipinski definition) is 0. The lowest BCUT2D eigenvalue weighted by molar-refractivity contribution is 0.0151. The molecule has 0 spiro atoms. The fraction of sp³-hybridized carbons (Fsp3) is 0.562. The lowest BCUT2D eigenvalue weighted by Crippen LogP contribution is -2.60. The van der Waals surface area contributed by atoms with Crippen molar-refractivity contribution in [3.8, 4) is 0 Å². The van der Waals surface area contributed by atoms with Crippen LogP contribution in [0.4, 0.5) is 0 Å². The van der Waals surface area contributed by atoms with Crippen molar-refractivity contribution in [2.24, 2.45) is 0 Å². The predicted molar refractivity (Wildman–Crippen MR) is 96.6 cm³/mol. The molecule has 5 heteroatoms. The van der Waals surface area contributed by atoms with Crippen LogP contribution in [0.3, 0.4) is 0 Å². The van der Waals surface area contributed by atoms with Gasteiger partial charge in [-0.05, 0) is 67.1 Å². The van der Waals surface area contributed by atoms with Crippen LogP contribution in [0, 0.1) is 3.57 Å². The molecule has 1 aromatic carbocycles. The lowest BCUT2D eigenvalue weighted by Gasteiger charge is -2.47. The van der Waals surface area contributed by atoms with Crippen LogP contribution in [0.25, 0.3) is 0 Å². The fourth-order valence-electron chi connectivity index (χ4n) is 3.45. The van der Waals surface area contributed by atoms with Gasteiger partial charge in [-0.25, -0.2) is 0 Å². The third-order valence-electron chi connectivity index (χ3n) is 4.61. The third kappa shape index (κ3) is 3.29. The highest BCUT2D eigenvalue weighted by molar-refractivity contribution is 14.1. The van der Waals surface area contributed by atoms with E-state index in [-0.39, 0.29) is 5.91 Å². The number of hydrogen-bond acceptors (Lipinski definition) is 2. The molecule has 2 unspecified atom stereocenters. The molecule has 2 atom stereocenters. The Morgan fingerprint density at radius 2 is 2.14 bits per heavy atom. The number of benzene rings is 1. The van der Waals surface area contributed by atoms with Crippen LogP contribution in [-0.2, 0) is 0 Å². The number of amides is 1. The van der Waals surface area contributed by atoms with Crippen molar-refractivity contribution >= 4 is 44.4 Å². The topological polar surface area (TPSA) is 23.6 Å². The molecular weight excluding hydrogens is 443 g/mol. The van der Waals surface area contributed by atoms with Crippen LogP contribution >= 0.6 is 38.5 Å². The van der Waals surface area contributed by atoms with Gasteiger partial charge in [0.25, 0.3) is 5.91 Å². The van der Waals surface area contributed by atoms with Crippen molar-refractivity contribution in [1.29, 1.82) is 0 Å². The van der Waals surface area contributed by atoms with Crippen molar-refractivity contribution in [2.45, 2.75) is 38.3 Å². The summed E-state index contributed by atoms with van der Waals surface area (Å²) in [7, 11) is 0. The second-order valence-electron chi connectivity index (χ2n) is 6.08. The Balaban J connectivity index is 1.82.